The third-order valence-corrected chi connectivity index (χ3v) is 1.76. The molecule has 0 aromatic heterocycles. The minimum atomic E-state index is -0.377. The van der Waals surface area contributed by atoms with Crippen LogP contribution in [-0.2, 0) is 14.2 Å². The van der Waals surface area contributed by atoms with Crippen LogP contribution in [0, 0.1) is 0 Å². The lowest BCUT2D eigenvalue weighted by molar-refractivity contribution is -0.0130. The first-order valence-corrected chi connectivity index (χ1v) is 5.33. The van der Waals surface area contributed by atoms with E-state index in [-0.39, 0.29) is 12.7 Å². The normalized spacial score (nSPS) is 13.0. The highest BCUT2D eigenvalue weighted by Crippen LogP contribution is 1.90. The lowest BCUT2D eigenvalue weighted by Gasteiger charge is -2.09. The first-order valence-electron chi connectivity index (χ1n) is 5.33. The smallest absolute Gasteiger partial charge is 0.0771 e. The summed E-state index contributed by atoms with van der Waals surface area (Å²) in [5.74, 6) is 0. The van der Waals surface area contributed by atoms with Gasteiger partial charge in [0, 0.05) is 0 Å². The SMILES string of the molecule is CCC(O)COCCOCCOCCO. The van der Waals surface area contributed by atoms with Gasteiger partial charge in [0.25, 0.3) is 0 Å². The summed E-state index contributed by atoms with van der Waals surface area (Å²) in [7, 11) is 0. The molecule has 0 heterocycles. The largest absolute Gasteiger partial charge is 0.394 e. The summed E-state index contributed by atoms with van der Waals surface area (Å²) >= 11 is 0. The van der Waals surface area contributed by atoms with Gasteiger partial charge in [-0.15, -0.1) is 0 Å². The van der Waals surface area contributed by atoms with Crippen molar-refractivity contribution in [3.05, 3.63) is 0 Å². The minimum Gasteiger partial charge on any atom is -0.394 e. The second-order valence-corrected chi connectivity index (χ2v) is 3.09. The van der Waals surface area contributed by atoms with E-state index in [0.717, 1.165) is 0 Å². The predicted molar refractivity (Wildman–Crippen MR) is 55.8 cm³/mol. The van der Waals surface area contributed by atoms with E-state index in [2.05, 4.69) is 0 Å². The van der Waals surface area contributed by atoms with Crippen LogP contribution < -0.4 is 0 Å². The van der Waals surface area contributed by atoms with E-state index >= 15 is 0 Å². The molecule has 0 rings (SSSR count). The van der Waals surface area contributed by atoms with Gasteiger partial charge in [0.2, 0.25) is 0 Å². The quantitative estimate of drug-likeness (QED) is 0.474. The van der Waals surface area contributed by atoms with Crippen molar-refractivity contribution in [3.63, 3.8) is 0 Å². The highest BCUT2D eigenvalue weighted by molar-refractivity contribution is 4.47. The van der Waals surface area contributed by atoms with Gasteiger partial charge in [0.15, 0.2) is 0 Å². The Hall–Kier alpha value is -0.200. The maximum Gasteiger partial charge on any atom is 0.0771 e. The van der Waals surface area contributed by atoms with E-state index < -0.39 is 0 Å². The Balaban J connectivity index is 2.92. The van der Waals surface area contributed by atoms with Crippen LogP contribution in [-0.4, -0.2) is 62.6 Å². The fourth-order valence-corrected chi connectivity index (χ4v) is 0.842. The molecule has 5 nitrogen and oxygen atoms in total. The molecule has 0 bridgehead atoms. The van der Waals surface area contributed by atoms with Crippen molar-refractivity contribution >= 4 is 0 Å². The van der Waals surface area contributed by atoms with Gasteiger partial charge in [-0.05, 0) is 6.42 Å². The number of ether oxygens (including phenoxy) is 3. The molecule has 0 radical (unpaired) electrons. The van der Waals surface area contributed by atoms with Crippen LogP contribution in [0.3, 0.4) is 0 Å². The first kappa shape index (κ1) is 14.8. The molecule has 0 amide bonds. The van der Waals surface area contributed by atoms with Crippen molar-refractivity contribution in [1.82, 2.24) is 0 Å². The zero-order chi connectivity index (χ0) is 11.4. The predicted octanol–water partition coefficient (Wildman–Crippen LogP) is -0.201. The maximum atomic E-state index is 9.15. The van der Waals surface area contributed by atoms with Crippen LogP contribution in [0.15, 0.2) is 0 Å². The van der Waals surface area contributed by atoms with E-state index in [1.165, 1.54) is 0 Å². The summed E-state index contributed by atoms with van der Waals surface area (Å²) in [5.41, 5.74) is 0. The zero-order valence-corrected chi connectivity index (χ0v) is 9.35. The molecule has 15 heavy (non-hydrogen) atoms. The molecule has 2 N–H and O–H groups in total. The molecule has 1 unspecified atom stereocenters. The van der Waals surface area contributed by atoms with Crippen LogP contribution in [0.2, 0.25) is 0 Å². The van der Waals surface area contributed by atoms with Crippen LogP contribution in [0.4, 0.5) is 0 Å². The Labute approximate surface area is 91.0 Å². The van der Waals surface area contributed by atoms with Gasteiger partial charge in [-0.2, -0.15) is 0 Å². The summed E-state index contributed by atoms with van der Waals surface area (Å²) in [6.45, 7) is 4.62. The van der Waals surface area contributed by atoms with Crippen molar-refractivity contribution in [3.8, 4) is 0 Å². The second-order valence-electron chi connectivity index (χ2n) is 3.09. The Morgan fingerprint density at radius 1 is 0.933 bits per heavy atom. The lowest BCUT2D eigenvalue weighted by atomic mass is 10.3. The Bertz CT molecular complexity index is 120. The van der Waals surface area contributed by atoms with Gasteiger partial charge < -0.3 is 24.4 Å². The molecule has 0 aromatic rings. The molecule has 0 saturated heterocycles. The number of hydrogen-bond acceptors (Lipinski definition) is 5. The standard InChI is InChI=1S/C10H22O5/c1-2-10(12)9-15-8-7-14-6-5-13-4-3-11/h10-12H,2-9H2,1H3. The molecule has 0 aromatic carbocycles. The molecule has 1 atom stereocenters. The summed E-state index contributed by atoms with van der Waals surface area (Å²) in [5, 5.41) is 17.6. The molecule has 0 fully saturated rings. The van der Waals surface area contributed by atoms with E-state index in [9.17, 15) is 0 Å². The van der Waals surface area contributed by atoms with Crippen molar-refractivity contribution in [2.75, 3.05) is 46.2 Å². The highest BCUT2D eigenvalue weighted by atomic mass is 16.5. The van der Waals surface area contributed by atoms with Crippen molar-refractivity contribution in [2.24, 2.45) is 0 Å². The highest BCUT2D eigenvalue weighted by Gasteiger charge is 1.99. The molecule has 5 heteroatoms. The second kappa shape index (κ2) is 11.9. The fraction of sp³-hybridized carbons (Fsp3) is 1.00. The van der Waals surface area contributed by atoms with Crippen molar-refractivity contribution < 1.29 is 24.4 Å². The number of rotatable bonds is 11. The number of aliphatic hydroxyl groups excluding tert-OH is 2. The van der Waals surface area contributed by atoms with Crippen molar-refractivity contribution in [1.29, 1.82) is 0 Å². The van der Waals surface area contributed by atoms with E-state index in [1.807, 2.05) is 6.92 Å². The molecule has 0 spiro atoms. The van der Waals surface area contributed by atoms with Gasteiger partial charge in [0.1, 0.15) is 0 Å². The Kier molecular flexibility index (Phi) is 11.7. The molecular weight excluding hydrogens is 200 g/mol. The van der Waals surface area contributed by atoms with Gasteiger partial charge in [-0.3, -0.25) is 0 Å². The van der Waals surface area contributed by atoms with Gasteiger partial charge in [-0.1, -0.05) is 6.92 Å². The van der Waals surface area contributed by atoms with Gasteiger partial charge in [-0.25, -0.2) is 0 Å². The summed E-state index contributed by atoms with van der Waals surface area (Å²) in [6.07, 6.45) is 0.327. The minimum absolute atomic E-state index is 0.0397. The third-order valence-electron chi connectivity index (χ3n) is 1.76. The molecule has 0 aliphatic heterocycles. The zero-order valence-electron chi connectivity index (χ0n) is 9.35. The molecule has 0 aliphatic rings. The van der Waals surface area contributed by atoms with Crippen LogP contribution in [0.1, 0.15) is 13.3 Å². The fourth-order valence-electron chi connectivity index (χ4n) is 0.842. The van der Waals surface area contributed by atoms with E-state index in [0.29, 0.717) is 46.1 Å². The lowest BCUT2D eigenvalue weighted by Crippen LogP contribution is -2.17. The van der Waals surface area contributed by atoms with Gasteiger partial charge >= 0.3 is 0 Å². The molecule has 0 saturated carbocycles. The van der Waals surface area contributed by atoms with Gasteiger partial charge in [0.05, 0.1) is 52.4 Å². The Morgan fingerprint density at radius 3 is 2.00 bits per heavy atom. The first-order chi connectivity index (χ1) is 7.31. The average molecular weight is 222 g/mol. The van der Waals surface area contributed by atoms with Crippen LogP contribution in [0.5, 0.6) is 0 Å². The number of hydrogen-bond donors (Lipinski definition) is 2. The monoisotopic (exact) mass is 222 g/mol. The molecule has 0 aliphatic carbocycles. The van der Waals surface area contributed by atoms with E-state index in [1.54, 1.807) is 0 Å². The van der Waals surface area contributed by atoms with Crippen molar-refractivity contribution in [2.45, 2.75) is 19.4 Å². The summed E-state index contributed by atoms with van der Waals surface area (Å²) < 4.78 is 15.3. The molecule has 92 valence electrons. The van der Waals surface area contributed by atoms with E-state index in [4.69, 9.17) is 24.4 Å². The summed E-state index contributed by atoms with van der Waals surface area (Å²) in [6, 6.07) is 0. The Morgan fingerprint density at radius 2 is 1.47 bits per heavy atom. The number of aliphatic hydroxyl groups is 2. The summed E-state index contributed by atoms with van der Waals surface area (Å²) in [4.78, 5) is 0. The maximum absolute atomic E-state index is 9.15. The third kappa shape index (κ3) is 11.7. The topological polar surface area (TPSA) is 68.2 Å². The van der Waals surface area contributed by atoms with Crippen LogP contribution in [0.25, 0.3) is 0 Å². The average Bonchev–Trinajstić information content (AvgIpc) is 2.26. The molecular formula is C10H22O5. The van der Waals surface area contributed by atoms with Crippen LogP contribution >= 0.6 is 0 Å².